The van der Waals surface area contributed by atoms with Crippen LogP contribution in [-0.2, 0) is 4.79 Å². The molecule has 0 heterocycles. The molecule has 0 bridgehead atoms. The maximum absolute atomic E-state index is 9.60. The van der Waals surface area contributed by atoms with Crippen molar-refractivity contribution in [2.75, 3.05) is 0 Å². The van der Waals surface area contributed by atoms with Crippen LogP contribution in [0.5, 0.6) is 0 Å². The van der Waals surface area contributed by atoms with Crippen molar-refractivity contribution in [2.24, 2.45) is 0 Å². The molecule has 0 rings (SSSR count). The van der Waals surface area contributed by atoms with Gasteiger partial charge in [-0.3, -0.25) is 0 Å². The van der Waals surface area contributed by atoms with Crippen molar-refractivity contribution in [1.82, 2.24) is 0 Å². The number of hydrogen-bond donors (Lipinski definition) is 1. The van der Waals surface area contributed by atoms with Gasteiger partial charge in [0.15, 0.2) is 0 Å². The number of rotatable bonds is 1. The molecule has 2 nitrogen and oxygen atoms in total. The number of aliphatic carboxylic acids is 1. The zero-order valence-corrected chi connectivity index (χ0v) is 3.56. The van der Waals surface area contributed by atoms with E-state index in [9.17, 15) is 4.79 Å². The van der Waals surface area contributed by atoms with Crippen LogP contribution in [0.1, 0.15) is 6.92 Å². The van der Waals surface area contributed by atoms with Gasteiger partial charge >= 0.3 is 16.1 Å². The Bertz CT molecular complexity index is 75.7. The van der Waals surface area contributed by atoms with Gasteiger partial charge in [0.1, 0.15) is 0 Å². The van der Waals surface area contributed by atoms with Crippen molar-refractivity contribution in [3.8, 4) is 0 Å². The monoisotopic (exact) mass is 97.1 g/mol. The summed E-state index contributed by atoms with van der Waals surface area (Å²) < 4.78 is 0. The van der Waals surface area contributed by atoms with Gasteiger partial charge in [0.05, 0.1) is 0 Å². The maximum atomic E-state index is 9.60. The summed E-state index contributed by atoms with van der Waals surface area (Å²) in [5.74, 6) is -0.935. The fourth-order valence-corrected chi connectivity index (χ4v) is 0. The molecule has 3 heteroatoms. The first-order valence-corrected chi connectivity index (χ1v) is 1.53. The van der Waals surface area contributed by atoms with Crippen LogP contribution in [0.15, 0.2) is 12.2 Å². The van der Waals surface area contributed by atoms with E-state index < -0.39 is 5.97 Å². The Morgan fingerprint density at radius 1 is 1.71 bits per heavy atom. The van der Waals surface area contributed by atoms with E-state index in [2.05, 4.69) is 6.58 Å². The van der Waals surface area contributed by atoms with E-state index in [1.54, 1.807) is 0 Å². The SMILES string of the molecule is C=C(C)C(=O)O.[BeH2]. The molecule has 0 amide bonds. The molecule has 1 N–H and O–H groups in total. The molecule has 0 aliphatic heterocycles. The molecule has 0 aromatic carbocycles. The van der Waals surface area contributed by atoms with Crippen molar-refractivity contribution in [3.63, 3.8) is 0 Å². The topological polar surface area (TPSA) is 37.3 Å². The van der Waals surface area contributed by atoms with E-state index in [0.29, 0.717) is 0 Å². The summed E-state index contributed by atoms with van der Waals surface area (Å²) >= 11 is 0. The minimum atomic E-state index is -0.935. The van der Waals surface area contributed by atoms with Crippen molar-refractivity contribution < 1.29 is 9.90 Å². The molecule has 0 radical (unpaired) electrons. The first-order chi connectivity index (χ1) is 2.64. The number of carbonyl (C=O) groups is 1. The van der Waals surface area contributed by atoms with Crippen molar-refractivity contribution >= 4 is 16.1 Å². The van der Waals surface area contributed by atoms with Crippen LogP contribution in [0.2, 0.25) is 0 Å². The van der Waals surface area contributed by atoms with Gasteiger partial charge in [-0.1, -0.05) is 6.58 Å². The van der Waals surface area contributed by atoms with Gasteiger partial charge in [-0.25, -0.2) is 4.79 Å². The molecule has 0 aromatic heterocycles. The van der Waals surface area contributed by atoms with E-state index in [-0.39, 0.29) is 15.7 Å². The molecule has 7 heavy (non-hydrogen) atoms. The Balaban J connectivity index is 0. The zero-order chi connectivity index (χ0) is 5.15. The van der Waals surface area contributed by atoms with Crippen LogP contribution in [0.4, 0.5) is 0 Å². The molecular formula is C4H8BeO2. The standard InChI is InChI=1S/C4H6O2.Be.2H/c1-3(2)4(5)6;;;/h1H2,2H3,(H,5,6);;;. The number of hydrogen-bond acceptors (Lipinski definition) is 1. The van der Waals surface area contributed by atoms with Crippen molar-refractivity contribution in [1.29, 1.82) is 0 Å². The van der Waals surface area contributed by atoms with Crippen LogP contribution >= 0.6 is 0 Å². The third-order valence-electron chi connectivity index (χ3n) is 0.365. The Hall–Kier alpha value is -0.621. The van der Waals surface area contributed by atoms with E-state index >= 15 is 0 Å². The second kappa shape index (κ2) is 3.56. The van der Waals surface area contributed by atoms with E-state index in [1.165, 1.54) is 6.92 Å². The second-order valence-electron chi connectivity index (χ2n) is 1.09. The molecular weight excluding hydrogens is 89.1 g/mol. The predicted octanol–water partition coefficient (Wildman–Crippen LogP) is -0.269. The van der Waals surface area contributed by atoms with E-state index in [0.717, 1.165) is 0 Å². The van der Waals surface area contributed by atoms with E-state index in [4.69, 9.17) is 5.11 Å². The average Bonchev–Trinajstić information content (AvgIpc) is 1.36. The Morgan fingerprint density at radius 3 is 1.86 bits per heavy atom. The summed E-state index contributed by atoms with van der Waals surface area (Å²) in [5.41, 5.74) is 0.176. The molecule has 0 unspecified atom stereocenters. The van der Waals surface area contributed by atoms with Crippen LogP contribution in [-0.4, -0.2) is 21.2 Å². The zero-order valence-electron chi connectivity index (χ0n) is 3.56. The van der Waals surface area contributed by atoms with Gasteiger partial charge in [-0.05, 0) is 6.92 Å². The fraction of sp³-hybridized carbons (Fsp3) is 0.250. The van der Waals surface area contributed by atoms with Crippen molar-refractivity contribution in [3.05, 3.63) is 12.2 Å². The van der Waals surface area contributed by atoms with Gasteiger partial charge in [0, 0.05) is 5.57 Å². The fourth-order valence-electron chi connectivity index (χ4n) is 0. The third-order valence-corrected chi connectivity index (χ3v) is 0.365. The molecule has 0 aromatic rings. The predicted molar refractivity (Wildman–Crippen MR) is 31.0 cm³/mol. The first-order valence-electron chi connectivity index (χ1n) is 1.53. The molecule has 0 aliphatic rings. The van der Waals surface area contributed by atoms with Gasteiger partial charge in [-0.15, -0.1) is 0 Å². The molecule has 38 valence electrons. The molecule has 0 fully saturated rings. The average molecular weight is 97.1 g/mol. The van der Waals surface area contributed by atoms with Gasteiger partial charge < -0.3 is 5.11 Å². The van der Waals surface area contributed by atoms with E-state index in [1.807, 2.05) is 0 Å². The Labute approximate surface area is 46.1 Å². The minimum absolute atomic E-state index is 0. The Morgan fingerprint density at radius 2 is 1.86 bits per heavy atom. The molecule has 0 aliphatic carbocycles. The van der Waals surface area contributed by atoms with Gasteiger partial charge in [-0.2, -0.15) is 0 Å². The van der Waals surface area contributed by atoms with Crippen molar-refractivity contribution in [2.45, 2.75) is 6.92 Å². The summed E-state index contributed by atoms with van der Waals surface area (Å²) in [4.78, 5) is 9.60. The number of carboxylic acid groups (broad SMARTS) is 1. The molecule has 0 saturated carbocycles. The third kappa shape index (κ3) is 5.38. The van der Waals surface area contributed by atoms with Gasteiger partial charge in [0.25, 0.3) is 0 Å². The van der Waals surface area contributed by atoms with Crippen LogP contribution in [0.25, 0.3) is 0 Å². The second-order valence-corrected chi connectivity index (χ2v) is 1.09. The normalized spacial score (nSPS) is 6.43. The Kier molecular flexibility index (Phi) is 4.90. The molecule has 0 saturated heterocycles. The van der Waals surface area contributed by atoms with Crippen LogP contribution in [0, 0.1) is 0 Å². The summed E-state index contributed by atoms with van der Waals surface area (Å²) in [6.07, 6.45) is 0. The van der Waals surface area contributed by atoms with Crippen LogP contribution < -0.4 is 0 Å². The molecule has 0 atom stereocenters. The molecule has 0 spiro atoms. The van der Waals surface area contributed by atoms with Crippen LogP contribution in [0.3, 0.4) is 0 Å². The number of carboxylic acids is 1. The van der Waals surface area contributed by atoms with Gasteiger partial charge in [0.2, 0.25) is 0 Å². The summed E-state index contributed by atoms with van der Waals surface area (Å²) in [6, 6.07) is 0. The quantitative estimate of drug-likeness (QED) is 0.361. The first kappa shape index (κ1) is 9.62. The summed E-state index contributed by atoms with van der Waals surface area (Å²) in [6.45, 7) is 4.60. The summed E-state index contributed by atoms with van der Waals surface area (Å²) in [5, 5.41) is 7.89. The summed E-state index contributed by atoms with van der Waals surface area (Å²) in [7, 11) is 0.